The van der Waals surface area contributed by atoms with Gasteiger partial charge in [0.2, 0.25) is 0 Å². The van der Waals surface area contributed by atoms with Gasteiger partial charge in [-0.25, -0.2) is 4.79 Å². The van der Waals surface area contributed by atoms with Gasteiger partial charge >= 0.3 is 6.03 Å². The first-order valence-electron chi connectivity index (χ1n) is 7.07. The Hall–Kier alpha value is -2.05. The van der Waals surface area contributed by atoms with Crippen molar-refractivity contribution in [2.75, 3.05) is 11.9 Å². The summed E-state index contributed by atoms with van der Waals surface area (Å²) in [6.07, 6.45) is -0.716. The number of ether oxygens (including phenoxy) is 1. The number of thiophene rings is 1. The van der Waals surface area contributed by atoms with Gasteiger partial charge in [0.25, 0.3) is 0 Å². The second-order valence-electron chi connectivity index (χ2n) is 5.07. The van der Waals surface area contributed by atoms with Crippen LogP contribution in [0.15, 0.2) is 41.8 Å². The minimum atomic E-state index is -0.787. The standard InChI is InChI=1S/C16H20N2O3S/c1-11(2)21-13-6-3-5-12(9-13)14(19)10-17-16(20)18-15-7-4-8-22-15/h3-9,11,14,19H,10H2,1-2H3,(H2,17,18,20)/t14-/m0/s1. The highest BCUT2D eigenvalue weighted by molar-refractivity contribution is 7.14. The van der Waals surface area contributed by atoms with E-state index in [0.29, 0.717) is 11.3 Å². The van der Waals surface area contributed by atoms with Crippen LogP contribution in [0.2, 0.25) is 0 Å². The minimum Gasteiger partial charge on any atom is -0.491 e. The van der Waals surface area contributed by atoms with Crippen LogP contribution in [-0.2, 0) is 0 Å². The van der Waals surface area contributed by atoms with Gasteiger partial charge in [-0.15, -0.1) is 11.3 Å². The molecule has 3 N–H and O–H groups in total. The highest BCUT2D eigenvalue weighted by Crippen LogP contribution is 2.20. The maximum absolute atomic E-state index is 11.7. The van der Waals surface area contributed by atoms with Crippen LogP contribution in [0.5, 0.6) is 5.75 Å². The van der Waals surface area contributed by atoms with Crippen LogP contribution in [0.1, 0.15) is 25.5 Å². The van der Waals surface area contributed by atoms with Crippen molar-refractivity contribution in [3.05, 3.63) is 47.3 Å². The van der Waals surface area contributed by atoms with E-state index >= 15 is 0 Å². The molecule has 5 nitrogen and oxygen atoms in total. The average molecular weight is 320 g/mol. The van der Waals surface area contributed by atoms with Crippen LogP contribution < -0.4 is 15.4 Å². The molecular weight excluding hydrogens is 300 g/mol. The van der Waals surface area contributed by atoms with Gasteiger partial charge in [0.1, 0.15) is 5.75 Å². The van der Waals surface area contributed by atoms with Crippen LogP contribution in [0.4, 0.5) is 9.80 Å². The molecule has 2 aromatic rings. The molecule has 0 bridgehead atoms. The van der Waals surface area contributed by atoms with E-state index < -0.39 is 6.10 Å². The molecule has 0 aliphatic rings. The minimum absolute atomic E-state index is 0.0714. The zero-order valence-electron chi connectivity index (χ0n) is 12.6. The predicted molar refractivity (Wildman–Crippen MR) is 88.5 cm³/mol. The third-order valence-corrected chi connectivity index (χ3v) is 3.61. The number of anilines is 1. The Morgan fingerprint density at radius 2 is 2.14 bits per heavy atom. The summed E-state index contributed by atoms with van der Waals surface area (Å²) in [5.74, 6) is 0.703. The Bertz CT molecular complexity index is 599. The molecular formula is C16H20N2O3S. The van der Waals surface area contributed by atoms with Crippen LogP contribution in [0, 0.1) is 0 Å². The fraction of sp³-hybridized carbons (Fsp3) is 0.312. The highest BCUT2D eigenvalue weighted by Gasteiger charge is 2.11. The molecule has 0 fully saturated rings. The molecule has 1 atom stereocenters. The van der Waals surface area contributed by atoms with E-state index in [0.717, 1.165) is 5.00 Å². The Morgan fingerprint density at radius 3 is 2.82 bits per heavy atom. The van der Waals surface area contributed by atoms with Crippen molar-refractivity contribution in [1.82, 2.24) is 5.32 Å². The summed E-state index contributed by atoms with van der Waals surface area (Å²) in [5, 5.41) is 18.1. The molecule has 6 heteroatoms. The number of aliphatic hydroxyl groups excluding tert-OH is 1. The molecule has 0 radical (unpaired) electrons. The summed E-state index contributed by atoms with van der Waals surface area (Å²) in [7, 11) is 0. The first-order valence-corrected chi connectivity index (χ1v) is 7.95. The van der Waals surface area contributed by atoms with E-state index in [1.165, 1.54) is 11.3 Å². The first kappa shape index (κ1) is 16.3. The molecule has 0 spiro atoms. The number of aliphatic hydroxyl groups is 1. The van der Waals surface area contributed by atoms with E-state index in [1.54, 1.807) is 12.1 Å². The summed E-state index contributed by atoms with van der Waals surface area (Å²) < 4.78 is 5.59. The van der Waals surface area contributed by atoms with Gasteiger partial charge in [-0.1, -0.05) is 12.1 Å². The van der Waals surface area contributed by atoms with Crippen LogP contribution in [0.25, 0.3) is 0 Å². The third-order valence-electron chi connectivity index (χ3n) is 2.83. The van der Waals surface area contributed by atoms with Gasteiger partial charge in [-0.2, -0.15) is 0 Å². The van der Waals surface area contributed by atoms with Crippen molar-refractivity contribution < 1.29 is 14.6 Å². The zero-order valence-corrected chi connectivity index (χ0v) is 13.4. The Labute approximate surface area is 133 Å². The van der Waals surface area contributed by atoms with Crippen molar-refractivity contribution >= 4 is 22.4 Å². The van der Waals surface area contributed by atoms with Gasteiger partial charge < -0.3 is 15.2 Å². The molecule has 1 heterocycles. The fourth-order valence-electron chi connectivity index (χ4n) is 1.88. The monoisotopic (exact) mass is 320 g/mol. The van der Waals surface area contributed by atoms with Crippen molar-refractivity contribution in [1.29, 1.82) is 0 Å². The SMILES string of the molecule is CC(C)Oc1cccc([C@@H](O)CNC(=O)Nc2cccs2)c1. The number of carbonyl (C=O) groups is 1. The molecule has 2 amide bonds. The number of carbonyl (C=O) groups excluding carboxylic acids is 1. The summed E-state index contributed by atoms with van der Waals surface area (Å²) in [5.41, 5.74) is 0.703. The summed E-state index contributed by atoms with van der Waals surface area (Å²) in [4.78, 5) is 11.7. The van der Waals surface area contributed by atoms with Gasteiger partial charge in [0.15, 0.2) is 0 Å². The normalized spacial score (nSPS) is 12.0. The van der Waals surface area contributed by atoms with E-state index in [1.807, 2.05) is 43.5 Å². The van der Waals surface area contributed by atoms with E-state index in [9.17, 15) is 9.90 Å². The maximum atomic E-state index is 11.7. The second kappa shape index (κ2) is 7.82. The molecule has 0 saturated heterocycles. The molecule has 118 valence electrons. The molecule has 0 unspecified atom stereocenters. The molecule has 0 aliphatic heterocycles. The van der Waals surface area contributed by atoms with E-state index in [4.69, 9.17) is 4.74 Å². The number of nitrogens with one attached hydrogen (secondary N) is 2. The lowest BCUT2D eigenvalue weighted by molar-refractivity contribution is 0.174. The lowest BCUT2D eigenvalue weighted by atomic mass is 10.1. The van der Waals surface area contributed by atoms with Crippen LogP contribution in [-0.4, -0.2) is 23.8 Å². The number of urea groups is 1. The van der Waals surface area contributed by atoms with Crippen molar-refractivity contribution in [3.8, 4) is 5.75 Å². The number of rotatable bonds is 6. The zero-order chi connectivity index (χ0) is 15.9. The maximum Gasteiger partial charge on any atom is 0.319 e. The molecule has 1 aromatic heterocycles. The quantitative estimate of drug-likeness (QED) is 0.764. The Kier molecular flexibility index (Phi) is 5.80. The Morgan fingerprint density at radius 1 is 1.32 bits per heavy atom. The topological polar surface area (TPSA) is 70.6 Å². The number of hydrogen-bond acceptors (Lipinski definition) is 4. The fourth-order valence-corrected chi connectivity index (χ4v) is 2.49. The largest absolute Gasteiger partial charge is 0.491 e. The first-order chi connectivity index (χ1) is 10.5. The van der Waals surface area contributed by atoms with E-state index in [-0.39, 0.29) is 18.7 Å². The summed E-state index contributed by atoms with van der Waals surface area (Å²) >= 11 is 1.44. The third kappa shape index (κ3) is 5.05. The average Bonchev–Trinajstić information content (AvgIpc) is 2.97. The number of benzene rings is 1. The lowest BCUT2D eigenvalue weighted by Gasteiger charge is -2.15. The van der Waals surface area contributed by atoms with Crippen LogP contribution in [0.3, 0.4) is 0 Å². The second-order valence-corrected chi connectivity index (χ2v) is 6.01. The van der Waals surface area contributed by atoms with Gasteiger partial charge in [0.05, 0.1) is 17.2 Å². The lowest BCUT2D eigenvalue weighted by Crippen LogP contribution is -2.32. The van der Waals surface area contributed by atoms with Crippen molar-refractivity contribution in [2.45, 2.75) is 26.1 Å². The molecule has 2 rings (SSSR count). The van der Waals surface area contributed by atoms with Gasteiger partial charge in [-0.3, -0.25) is 5.32 Å². The molecule has 1 aromatic carbocycles. The van der Waals surface area contributed by atoms with Crippen molar-refractivity contribution in [2.24, 2.45) is 0 Å². The summed E-state index contributed by atoms with van der Waals surface area (Å²) in [6.45, 7) is 4.02. The number of hydrogen-bond donors (Lipinski definition) is 3. The predicted octanol–water partition coefficient (Wildman–Crippen LogP) is 3.39. The smallest absolute Gasteiger partial charge is 0.319 e. The van der Waals surface area contributed by atoms with Crippen molar-refractivity contribution in [3.63, 3.8) is 0 Å². The number of amides is 2. The van der Waals surface area contributed by atoms with Gasteiger partial charge in [0, 0.05) is 6.54 Å². The van der Waals surface area contributed by atoms with Gasteiger partial charge in [-0.05, 0) is 49.1 Å². The van der Waals surface area contributed by atoms with E-state index in [2.05, 4.69) is 10.6 Å². The highest BCUT2D eigenvalue weighted by atomic mass is 32.1. The molecule has 0 saturated carbocycles. The molecule has 0 aliphatic carbocycles. The van der Waals surface area contributed by atoms with Crippen LogP contribution >= 0.6 is 11.3 Å². The summed E-state index contributed by atoms with van der Waals surface area (Å²) in [6, 6.07) is 10.6. The Balaban J connectivity index is 1.86. The molecule has 22 heavy (non-hydrogen) atoms.